The standard InChI is InChI=1S/C18H19N3O3S/c1-23-15-6-4-13(5-7-15)8-9-19-18(22)20-11-14-12-24-17(21-14)16-3-2-10-25-16/h2-7,10,12H,8-9,11H2,1H3,(H2,19,20,22). The van der Waals surface area contributed by atoms with Crippen LogP contribution in [-0.2, 0) is 13.0 Å². The van der Waals surface area contributed by atoms with E-state index in [2.05, 4.69) is 15.6 Å². The Bertz CT molecular complexity index is 797. The van der Waals surface area contributed by atoms with Crippen molar-refractivity contribution in [2.24, 2.45) is 0 Å². The third-order valence-electron chi connectivity index (χ3n) is 3.57. The minimum atomic E-state index is -0.228. The maximum absolute atomic E-state index is 11.8. The molecule has 7 heteroatoms. The summed E-state index contributed by atoms with van der Waals surface area (Å²) in [5.41, 5.74) is 1.83. The minimum Gasteiger partial charge on any atom is -0.497 e. The lowest BCUT2D eigenvalue weighted by molar-refractivity contribution is 0.240. The molecule has 0 aliphatic rings. The van der Waals surface area contributed by atoms with E-state index in [0.717, 1.165) is 22.6 Å². The van der Waals surface area contributed by atoms with Crippen LogP contribution >= 0.6 is 11.3 Å². The van der Waals surface area contributed by atoms with Crippen LogP contribution in [-0.4, -0.2) is 24.7 Å². The number of amides is 2. The zero-order valence-corrected chi connectivity index (χ0v) is 14.6. The molecule has 25 heavy (non-hydrogen) atoms. The molecule has 0 fully saturated rings. The van der Waals surface area contributed by atoms with E-state index >= 15 is 0 Å². The summed E-state index contributed by atoms with van der Waals surface area (Å²) in [6.45, 7) is 0.876. The van der Waals surface area contributed by atoms with E-state index in [1.54, 1.807) is 24.7 Å². The number of ether oxygens (including phenoxy) is 1. The Morgan fingerprint density at radius 3 is 2.80 bits per heavy atom. The highest BCUT2D eigenvalue weighted by atomic mass is 32.1. The van der Waals surface area contributed by atoms with E-state index in [0.29, 0.717) is 24.7 Å². The summed E-state index contributed by atoms with van der Waals surface area (Å²) in [4.78, 5) is 17.2. The van der Waals surface area contributed by atoms with E-state index in [4.69, 9.17) is 9.15 Å². The van der Waals surface area contributed by atoms with Gasteiger partial charge in [-0.3, -0.25) is 0 Å². The zero-order valence-electron chi connectivity index (χ0n) is 13.8. The summed E-state index contributed by atoms with van der Waals surface area (Å²) >= 11 is 1.56. The van der Waals surface area contributed by atoms with Gasteiger partial charge in [-0.15, -0.1) is 11.3 Å². The largest absolute Gasteiger partial charge is 0.497 e. The first kappa shape index (κ1) is 17.0. The molecule has 3 rings (SSSR count). The molecule has 2 aromatic heterocycles. The predicted molar refractivity (Wildman–Crippen MR) is 96.8 cm³/mol. The van der Waals surface area contributed by atoms with Gasteiger partial charge < -0.3 is 19.8 Å². The highest BCUT2D eigenvalue weighted by Crippen LogP contribution is 2.23. The van der Waals surface area contributed by atoms with E-state index in [-0.39, 0.29) is 6.03 Å². The quantitative estimate of drug-likeness (QED) is 0.679. The van der Waals surface area contributed by atoms with Crippen molar-refractivity contribution in [3.8, 4) is 16.5 Å². The summed E-state index contributed by atoms with van der Waals surface area (Å²) in [5, 5.41) is 7.57. The van der Waals surface area contributed by atoms with Gasteiger partial charge in [0.25, 0.3) is 0 Å². The van der Waals surface area contributed by atoms with Crippen LogP contribution in [0.15, 0.2) is 52.5 Å². The number of urea groups is 1. The topological polar surface area (TPSA) is 76.4 Å². The van der Waals surface area contributed by atoms with Crippen molar-refractivity contribution in [3.05, 3.63) is 59.3 Å². The number of methoxy groups -OCH3 is 1. The van der Waals surface area contributed by atoms with Gasteiger partial charge in [0.1, 0.15) is 12.0 Å². The Morgan fingerprint density at radius 1 is 1.24 bits per heavy atom. The third-order valence-corrected chi connectivity index (χ3v) is 4.43. The first-order valence-corrected chi connectivity index (χ1v) is 8.75. The van der Waals surface area contributed by atoms with Gasteiger partial charge in [-0.05, 0) is 35.6 Å². The molecule has 2 heterocycles. The van der Waals surface area contributed by atoms with Gasteiger partial charge in [0.15, 0.2) is 0 Å². The van der Waals surface area contributed by atoms with E-state index < -0.39 is 0 Å². The maximum Gasteiger partial charge on any atom is 0.315 e. The number of hydrogen-bond donors (Lipinski definition) is 2. The molecule has 0 radical (unpaired) electrons. The Labute approximate surface area is 149 Å². The average Bonchev–Trinajstić information content (AvgIpc) is 3.32. The van der Waals surface area contributed by atoms with Crippen molar-refractivity contribution in [1.29, 1.82) is 0 Å². The van der Waals surface area contributed by atoms with Crippen molar-refractivity contribution in [3.63, 3.8) is 0 Å². The lowest BCUT2D eigenvalue weighted by atomic mass is 10.1. The molecule has 0 spiro atoms. The number of hydrogen-bond acceptors (Lipinski definition) is 5. The monoisotopic (exact) mass is 357 g/mol. The minimum absolute atomic E-state index is 0.228. The van der Waals surface area contributed by atoms with Crippen LogP contribution in [0.3, 0.4) is 0 Å². The second-order valence-corrected chi connectivity index (χ2v) is 6.28. The fourth-order valence-electron chi connectivity index (χ4n) is 2.25. The van der Waals surface area contributed by atoms with Gasteiger partial charge in [-0.2, -0.15) is 0 Å². The molecule has 0 atom stereocenters. The van der Waals surface area contributed by atoms with E-state index in [9.17, 15) is 4.79 Å². The molecule has 1 aromatic carbocycles. The van der Waals surface area contributed by atoms with Gasteiger partial charge in [0.2, 0.25) is 5.89 Å². The van der Waals surface area contributed by atoms with Gasteiger partial charge in [-0.1, -0.05) is 18.2 Å². The first-order valence-electron chi connectivity index (χ1n) is 7.87. The molecule has 0 bridgehead atoms. The molecule has 6 nitrogen and oxygen atoms in total. The number of nitrogens with zero attached hydrogens (tertiary/aromatic N) is 1. The predicted octanol–water partition coefficient (Wildman–Crippen LogP) is 3.45. The summed E-state index contributed by atoms with van der Waals surface area (Å²) in [6, 6.07) is 11.4. The van der Waals surface area contributed by atoms with Crippen LogP contribution in [0.4, 0.5) is 4.79 Å². The van der Waals surface area contributed by atoms with Crippen molar-refractivity contribution in [2.75, 3.05) is 13.7 Å². The Hall–Kier alpha value is -2.80. The van der Waals surface area contributed by atoms with Crippen molar-refractivity contribution in [2.45, 2.75) is 13.0 Å². The highest BCUT2D eigenvalue weighted by Gasteiger charge is 2.08. The Morgan fingerprint density at radius 2 is 2.08 bits per heavy atom. The van der Waals surface area contributed by atoms with Gasteiger partial charge in [0.05, 0.1) is 24.2 Å². The zero-order chi connectivity index (χ0) is 17.5. The van der Waals surface area contributed by atoms with Crippen LogP contribution in [0, 0.1) is 0 Å². The number of carbonyl (C=O) groups is 1. The molecule has 2 N–H and O–H groups in total. The number of rotatable bonds is 7. The van der Waals surface area contributed by atoms with Crippen LogP contribution < -0.4 is 15.4 Å². The summed E-state index contributed by atoms with van der Waals surface area (Å²) < 4.78 is 10.5. The maximum atomic E-state index is 11.8. The molecule has 3 aromatic rings. The normalized spacial score (nSPS) is 10.4. The molecular formula is C18H19N3O3S. The van der Waals surface area contributed by atoms with Crippen LogP contribution in [0.25, 0.3) is 10.8 Å². The van der Waals surface area contributed by atoms with E-state index in [1.807, 2.05) is 41.8 Å². The molecule has 0 aliphatic heterocycles. The molecule has 0 aliphatic carbocycles. The smallest absolute Gasteiger partial charge is 0.315 e. The molecular weight excluding hydrogens is 338 g/mol. The van der Waals surface area contributed by atoms with Gasteiger partial charge in [-0.25, -0.2) is 9.78 Å². The molecule has 130 valence electrons. The number of aromatic nitrogens is 1. The second-order valence-electron chi connectivity index (χ2n) is 5.33. The summed E-state index contributed by atoms with van der Waals surface area (Å²) in [7, 11) is 1.64. The average molecular weight is 357 g/mol. The van der Waals surface area contributed by atoms with Gasteiger partial charge in [0, 0.05) is 6.54 Å². The molecule has 0 unspecified atom stereocenters. The van der Waals surface area contributed by atoms with Gasteiger partial charge >= 0.3 is 6.03 Å². The lowest BCUT2D eigenvalue weighted by Crippen LogP contribution is -2.36. The molecule has 2 amide bonds. The second kappa shape index (κ2) is 8.34. The first-order chi connectivity index (χ1) is 12.2. The summed E-state index contributed by atoms with van der Waals surface area (Å²) in [5.74, 6) is 1.40. The fourth-order valence-corrected chi connectivity index (χ4v) is 2.90. The number of benzene rings is 1. The fraction of sp³-hybridized carbons (Fsp3) is 0.222. The van der Waals surface area contributed by atoms with Crippen LogP contribution in [0.5, 0.6) is 5.75 Å². The molecule has 0 saturated heterocycles. The van der Waals surface area contributed by atoms with E-state index in [1.165, 1.54) is 0 Å². The highest BCUT2D eigenvalue weighted by molar-refractivity contribution is 7.13. The SMILES string of the molecule is COc1ccc(CCNC(=O)NCc2coc(-c3cccs3)n2)cc1. The number of nitrogens with one attached hydrogen (secondary N) is 2. The number of thiophene rings is 1. The van der Waals surface area contributed by atoms with Crippen molar-refractivity contribution in [1.82, 2.24) is 15.6 Å². The molecule has 0 saturated carbocycles. The number of oxazole rings is 1. The van der Waals surface area contributed by atoms with Crippen LogP contribution in [0.2, 0.25) is 0 Å². The van der Waals surface area contributed by atoms with Crippen molar-refractivity contribution < 1.29 is 13.9 Å². The Kier molecular flexibility index (Phi) is 5.69. The third kappa shape index (κ3) is 4.84. The van der Waals surface area contributed by atoms with Crippen LogP contribution in [0.1, 0.15) is 11.3 Å². The Balaban J connectivity index is 1.39. The lowest BCUT2D eigenvalue weighted by Gasteiger charge is -2.07. The number of carbonyl (C=O) groups excluding carboxylic acids is 1. The summed E-state index contributed by atoms with van der Waals surface area (Å²) in [6.07, 6.45) is 2.32. The van der Waals surface area contributed by atoms with Crippen molar-refractivity contribution >= 4 is 17.4 Å².